The number of carboxylic acid groups (broad SMARTS) is 1. The number of carbonyl (C=O) groups excluding carboxylic acids is 1. The lowest BCUT2D eigenvalue weighted by Crippen LogP contribution is -2.54. The lowest BCUT2D eigenvalue weighted by molar-refractivity contribution is -0.146. The Morgan fingerprint density at radius 1 is 1.47 bits per heavy atom. The van der Waals surface area contributed by atoms with E-state index in [2.05, 4.69) is 5.32 Å². The molecule has 2 amide bonds. The Labute approximate surface area is 89.4 Å². The van der Waals surface area contributed by atoms with Gasteiger partial charge in [-0.15, -0.1) is 0 Å². The van der Waals surface area contributed by atoms with Crippen molar-refractivity contribution in [1.29, 1.82) is 0 Å². The maximum absolute atomic E-state index is 11.6. The summed E-state index contributed by atoms with van der Waals surface area (Å²) in [5.74, 6) is -0.501. The third kappa shape index (κ3) is 2.40. The van der Waals surface area contributed by atoms with Crippen molar-refractivity contribution >= 4 is 12.0 Å². The minimum absolute atomic E-state index is 0.213. The Balaban J connectivity index is 2.55. The Morgan fingerprint density at radius 3 is 2.27 bits per heavy atom. The number of carbonyl (C=O) groups is 2. The second-order valence-corrected chi connectivity index (χ2v) is 4.69. The summed E-state index contributed by atoms with van der Waals surface area (Å²) in [6, 6.07) is -0.110. The van der Waals surface area contributed by atoms with Crippen LogP contribution < -0.4 is 5.32 Å². The van der Waals surface area contributed by atoms with Crippen LogP contribution in [-0.2, 0) is 4.79 Å². The van der Waals surface area contributed by atoms with Crippen LogP contribution in [0.15, 0.2) is 0 Å². The molecule has 0 saturated heterocycles. The van der Waals surface area contributed by atoms with Crippen molar-refractivity contribution in [2.24, 2.45) is 5.92 Å². The zero-order valence-corrected chi connectivity index (χ0v) is 9.57. The average molecular weight is 214 g/mol. The maximum atomic E-state index is 11.6. The van der Waals surface area contributed by atoms with Gasteiger partial charge >= 0.3 is 12.0 Å². The van der Waals surface area contributed by atoms with Gasteiger partial charge in [-0.3, -0.25) is 0 Å². The standard InChI is InChI=1S/C10H18N2O3/c1-6-5-7(6)11-9(15)12(4)10(2,3)8(13)14/h6-7H,5H2,1-4H3,(H,11,15)(H,13,14). The van der Waals surface area contributed by atoms with Crippen LogP contribution >= 0.6 is 0 Å². The van der Waals surface area contributed by atoms with Crippen LogP contribution in [0.1, 0.15) is 27.2 Å². The predicted octanol–water partition coefficient (Wildman–Crippen LogP) is 0.899. The normalized spacial score (nSPS) is 24.5. The second-order valence-electron chi connectivity index (χ2n) is 4.69. The van der Waals surface area contributed by atoms with Crippen LogP contribution in [0, 0.1) is 5.92 Å². The number of hydrogen-bond acceptors (Lipinski definition) is 2. The lowest BCUT2D eigenvalue weighted by atomic mass is 10.1. The predicted molar refractivity (Wildman–Crippen MR) is 55.6 cm³/mol. The summed E-state index contributed by atoms with van der Waals surface area (Å²) in [4.78, 5) is 23.8. The van der Waals surface area contributed by atoms with Crippen LogP contribution in [0.25, 0.3) is 0 Å². The molecule has 5 nitrogen and oxygen atoms in total. The van der Waals surface area contributed by atoms with Gasteiger partial charge in [-0.05, 0) is 26.2 Å². The summed E-state index contributed by atoms with van der Waals surface area (Å²) >= 11 is 0. The summed E-state index contributed by atoms with van der Waals surface area (Å²) in [5, 5.41) is 11.7. The number of amides is 2. The Bertz CT molecular complexity index is 288. The molecule has 0 aliphatic heterocycles. The van der Waals surface area contributed by atoms with Crippen LogP contribution in [0.3, 0.4) is 0 Å². The Kier molecular flexibility index (Phi) is 2.93. The largest absolute Gasteiger partial charge is 0.480 e. The molecule has 1 aliphatic carbocycles. The van der Waals surface area contributed by atoms with Gasteiger partial charge in [0.25, 0.3) is 0 Å². The van der Waals surface area contributed by atoms with Gasteiger partial charge in [0.05, 0.1) is 0 Å². The number of nitrogens with zero attached hydrogens (tertiary/aromatic N) is 1. The van der Waals surface area contributed by atoms with E-state index in [9.17, 15) is 9.59 Å². The van der Waals surface area contributed by atoms with Crippen LogP contribution in [-0.4, -0.2) is 40.6 Å². The average Bonchev–Trinajstić information content (AvgIpc) is 2.79. The van der Waals surface area contributed by atoms with Crippen molar-refractivity contribution in [2.75, 3.05) is 7.05 Å². The van der Waals surface area contributed by atoms with Gasteiger partial charge in [0.2, 0.25) is 0 Å². The van der Waals surface area contributed by atoms with Gasteiger partial charge in [-0.2, -0.15) is 0 Å². The Morgan fingerprint density at radius 2 is 1.93 bits per heavy atom. The SMILES string of the molecule is CC1CC1NC(=O)N(C)C(C)(C)C(=O)O. The van der Waals surface area contributed by atoms with E-state index in [1.807, 2.05) is 6.92 Å². The fourth-order valence-electron chi connectivity index (χ4n) is 1.18. The molecule has 0 heterocycles. The van der Waals surface area contributed by atoms with Gasteiger partial charge in [0.15, 0.2) is 0 Å². The Hall–Kier alpha value is -1.26. The summed E-state index contributed by atoms with van der Waals surface area (Å²) in [6.07, 6.45) is 0.979. The zero-order chi connectivity index (χ0) is 11.8. The summed E-state index contributed by atoms with van der Waals surface area (Å²) in [7, 11) is 1.50. The fraction of sp³-hybridized carbons (Fsp3) is 0.800. The lowest BCUT2D eigenvalue weighted by Gasteiger charge is -2.31. The number of carboxylic acids is 1. The third-order valence-electron chi connectivity index (χ3n) is 3.08. The molecule has 2 unspecified atom stereocenters. The maximum Gasteiger partial charge on any atom is 0.329 e. The topological polar surface area (TPSA) is 69.6 Å². The van der Waals surface area contributed by atoms with Crippen molar-refractivity contribution in [3.63, 3.8) is 0 Å². The first-order chi connectivity index (χ1) is 6.76. The van der Waals surface area contributed by atoms with Gasteiger partial charge in [0.1, 0.15) is 5.54 Å². The molecule has 5 heteroatoms. The van der Waals surface area contributed by atoms with E-state index in [1.54, 1.807) is 0 Å². The van der Waals surface area contributed by atoms with E-state index in [0.717, 1.165) is 6.42 Å². The van der Waals surface area contributed by atoms with Crippen molar-refractivity contribution in [3.05, 3.63) is 0 Å². The van der Waals surface area contributed by atoms with E-state index in [4.69, 9.17) is 5.11 Å². The molecule has 0 bridgehead atoms. The second kappa shape index (κ2) is 3.72. The molecule has 0 aromatic rings. The monoisotopic (exact) mass is 214 g/mol. The van der Waals surface area contributed by atoms with Crippen molar-refractivity contribution in [1.82, 2.24) is 10.2 Å². The number of hydrogen-bond donors (Lipinski definition) is 2. The molecule has 15 heavy (non-hydrogen) atoms. The fourth-order valence-corrected chi connectivity index (χ4v) is 1.18. The molecular formula is C10H18N2O3. The van der Waals surface area contributed by atoms with Crippen LogP contribution in [0.2, 0.25) is 0 Å². The quantitative estimate of drug-likeness (QED) is 0.733. The molecule has 1 aliphatic rings. The third-order valence-corrected chi connectivity index (χ3v) is 3.08. The highest BCUT2D eigenvalue weighted by Gasteiger charge is 2.39. The summed E-state index contributed by atoms with van der Waals surface area (Å²) in [6.45, 7) is 5.06. The summed E-state index contributed by atoms with van der Waals surface area (Å²) in [5.41, 5.74) is -1.18. The number of nitrogens with one attached hydrogen (secondary N) is 1. The number of aliphatic carboxylic acids is 1. The molecular weight excluding hydrogens is 196 g/mol. The minimum Gasteiger partial charge on any atom is -0.480 e. The first-order valence-corrected chi connectivity index (χ1v) is 5.04. The van der Waals surface area contributed by atoms with Crippen molar-refractivity contribution in [3.8, 4) is 0 Å². The van der Waals surface area contributed by atoms with Crippen LogP contribution in [0.4, 0.5) is 4.79 Å². The number of rotatable bonds is 3. The van der Waals surface area contributed by atoms with Gasteiger partial charge < -0.3 is 15.3 Å². The highest BCUT2D eigenvalue weighted by atomic mass is 16.4. The highest BCUT2D eigenvalue weighted by Crippen LogP contribution is 2.29. The minimum atomic E-state index is -1.18. The van der Waals surface area contributed by atoms with E-state index in [0.29, 0.717) is 5.92 Å². The molecule has 2 atom stereocenters. The van der Waals surface area contributed by atoms with E-state index < -0.39 is 11.5 Å². The van der Waals surface area contributed by atoms with E-state index in [-0.39, 0.29) is 12.1 Å². The van der Waals surface area contributed by atoms with Gasteiger partial charge in [0, 0.05) is 13.1 Å². The molecule has 86 valence electrons. The molecule has 0 aromatic carbocycles. The first-order valence-electron chi connectivity index (χ1n) is 5.04. The first kappa shape index (κ1) is 11.8. The van der Waals surface area contributed by atoms with E-state index >= 15 is 0 Å². The highest BCUT2D eigenvalue weighted by molar-refractivity contribution is 5.85. The molecule has 1 rings (SSSR count). The molecule has 2 N–H and O–H groups in total. The van der Waals surface area contributed by atoms with Gasteiger partial charge in [-0.25, -0.2) is 9.59 Å². The summed E-state index contributed by atoms with van der Waals surface area (Å²) < 4.78 is 0. The van der Waals surface area contributed by atoms with E-state index in [1.165, 1.54) is 25.8 Å². The van der Waals surface area contributed by atoms with Crippen molar-refractivity contribution < 1.29 is 14.7 Å². The molecule has 0 radical (unpaired) electrons. The molecule has 0 spiro atoms. The van der Waals surface area contributed by atoms with Crippen molar-refractivity contribution in [2.45, 2.75) is 38.8 Å². The molecule has 1 fully saturated rings. The number of urea groups is 1. The molecule has 0 aromatic heterocycles. The smallest absolute Gasteiger partial charge is 0.329 e. The molecule has 1 saturated carbocycles. The van der Waals surface area contributed by atoms with Crippen LogP contribution in [0.5, 0.6) is 0 Å². The van der Waals surface area contributed by atoms with Gasteiger partial charge in [-0.1, -0.05) is 6.92 Å². The number of likely N-dealkylation sites (N-methyl/N-ethyl adjacent to an activating group) is 1. The zero-order valence-electron chi connectivity index (χ0n) is 9.57.